The van der Waals surface area contributed by atoms with Crippen LogP contribution in [0.25, 0.3) is 0 Å². The first-order valence-electron chi connectivity index (χ1n) is 7.60. The maximum Gasteiger partial charge on any atom is -0.0197 e. The van der Waals surface area contributed by atoms with Gasteiger partial charge in [-0.15, -0.1) is 0 Å². The third-order valence-electron chi connectivity index (χ3n) is 4.52. The molecule has 1 saturated carbocycles. The minimum atomic E-state index is 0.990. The third kappa shape index (κ3) is 3.37. The molecular weight excluding hydrogens is 192 g/mol. The Morgan fingerprint density at radius 2 is 1.75 bits per heavy atom. The summed E-state index contributed by atoms with van der Waals surface area (Å²) in [5, 5.41) is 0. The van der Waals surface area contributed by atoms with E-state index < -0.39 is 0 Å². The fraction of sp³-hybridized carbons (Fsp3) is 0.875. The van der Waals surface area contributed by atoms with E-state index in [4.69, 9.17) is 0 Å². The normalized spacial score (nSPS) is 27.4. The molecule has 0 heterocycles. The molecule has 0 N–H and O–H groups in total. The van der Waals surface area contributed by atoms with Crippen LogP contribution in [0.5, 0.6) is 0 Å². The summed E-state index contributed by atoms with van der Waals surface area (Å²) in [6, 6.07) is 0. The first kappa shape index (κ1) is 12.2. The van der Waals surface area contributed by atoms with E-state index in [9.17, 15) is 0 Å². The molecule has 2 unspecified atom stereocenters. The molecule has 2 aliphatic rings. The van der Waals surface area contributed by atoms with Crippen LogP contribution in [0.1, 0.15) is 77.6 Å². The van der Waals surface area contributed by atoms with Crippen molar-refractivity contribution in [2.45, 2.75) is 77.6 Å². The zero-order valence-corrected chi connectivity index (χ0v) is 11.0. The number of unbranched alkanes of at least 4 members (excludes halogenated alkanes) is 6. The van der Waals surface area contributed by atoms with Crippen LogP contribution in [0.3, 0.4) is 0 Å². The van der Waals surface area contributed by atoms with Crippen molar-refractivity contribution in [1.82, 2.24) is 0 Å². The fourth-order valence-corrected chi connectivity index (χ4v) is 3.52. The molecule has 0 saturated heterocycles. The lowest BCUT2D eigenvalue weighted by molar-refractivity contribution is 0.563. The van der Waals surface area contributed by atoms with Gasteiger partial charge in [-0.1, -0.05) is 57.1 Å². The minimum absolute atomic E-state index is 0.990. The van der Waals surface area contributed by atoms with Crippen molar-refractivity contribution in [2.24, 2.45) is 11.8 Å². The van der Waals surface area contributed by atoms with E-state index in [-0.39, 0.29) is 0 Å². The summed E-state index contributed by atoms with van der Waals surface area (Å²) in [5.74, 6) is 2.01. The van der Waals surface area contributed by atoms with E-state index in [1.54, 1.807) is 0 Å². The van der Waals surface area contributed by atoms with Gasteiger partial charge in [0.25, 0.3) is 0 Å². The first-order valence-corrected chi connectivity index (χ1v) is 7.60. The van der Waals surface area contributed by atoms with Crippen molar-refractivity contribution in [3.63, 3.8) is 0 Å². The molecule has 0 nitrogen and oxygen atoms in total. The number of hydrogen-bond acceptors (Lipinski definition) is 0. The lowest BCUT2D eigenvalue weighted by Gasteiger charge is -2.12. The van der Waals surface area contributed by atoms with E-state index in [1.165, 1.54) is 70.6 Å². The van der Waals surface area contributed by atoms with E-state index >= 15 is 0 Å². The summed E-state index contributed by atoms with van der Waals surface area (Å²) in [7, 11) is 0. The summed E-state index contributed by atoms with van der Waals surface area (Å²) in [6.07, 6.45) is 18.7. The lowest BCUT2D eigenvalue weighted by Crippen LogP contribution is -1.97. The smallest absolute Gasteiger partial charge is 0.0197 e. The topological polar surface area (TPSA) is 0 Å². The summed E-state index contributed by atoms with van der Waals surface area (Å²) in [5.41, 5.74) is 1.84. The molecular formula is C16H28. The Hall–Kier alpha value is -0.260. The Kier molecular flexibility index (Phi) is 4.93. The second kappa shape index (κ2) is 6.47. The zero-order chi connectivity index (χ0) is 11.2. The Morgan fingerprint density at radius 3 is 2.38 bits per heavy atom. The molecule has 2 aliphatic carbocycles. The molecule has 2 rings (SSSR count). The molecule has 0 radical (unpaired) electrons. The van der Waals surface area contributed by atoms with Gasteiger partial charge in [-0.05, 0) is 43.9 Å². The van der Waals surface area contributed by atoms with Gasteiger partial charge in [0.2, 0.25) is 0 Å². The van der Waals surface area contributed by atoms with Crippen molar-refractivity contribution in [3.05, 3.63) is 11.6 Å². The molecule has 0 aliphatic heterocycles. The highest BCUT2D eigenvalue weighted by molar-refractivity contribution is 5.19. The number of rotatable bonds is 8. The molecule has 0 aromatic rings. The largest absolute Gasteiger partial charge is 0.0819 e. The molecule has 16 heavy (non-hydrogen) atoms. The SMILES string of the molecule is CCCCCCCCCC1=CC2CCC1C2. The minimum Gasteiger partial charge on any atom is -0.0819 e. The number of allylic oxidation sites excluding steroid dienone is 2. The zero-order valence-electron chi connectivity index (χ0n) is 11.0. The lowest BCUT2D eigenvalue weighted by atomic mass is 9.93. The fourth-order valence-electron chi connectivity index (χ4n) is 3.52. The average Bonchev–Trinajstić information content (AvgIpc) is 2.90. The van der Waals surface area contributed by atoms with Crippen molar-refractivity contribution in [3.8, 4) is 0 Å². The maximum atomic E-state index is 2.62. The van der Waals surface area contributed by atoms with Gasteiger partial charge >= 0.3 is 0 Å². The Morgan fingerprint density at radius 1 is 1.00 bits per heavy atom. The molecule has 0 amide bonds. The number of hydrogen-bond donors (Lipinski definition) is 0. The quantitative estimate of drug-likeness (QED) is 0.375. The van der Waals surface area contributed by atoms with E-state index in [1.807, 2.05) is 5.57 Å². The molecule has 1 fully saturated rings. The summed E-state index contributed by atoms with van der Waals surface area (Å²) < 4.78 is 0. The first-order chi connectivity index (χ1) is 7.90. The second-order valence-electron chi connectivity index (χ2n) is 5.88. The molecule has 0 heteroatoms. The van der Waals surface area contributed by atoms with Crippen LogP contribution in [0.2, 0.25) is 0 Å². The van der Waals surface area contributed by atoms with Crippen molar-refractivity contribution in [1.29, 1.82) is 0 Å². The standard InChI is InChI=1S/C16H28/c1-2-3-4-5-6-7-8-9-15-12-14-10-11-16(15)13-14/h12,14,16H,2-11,13H2,1H3. The van der Waals surface area contributed by atoms with Gasteiger partial charge in [-0.25, -0.2) is 0 Å². The summed E-state index contributed by atoms with van der Waals surface area (Å²) >= 11 is 0. The molecule has 0 aromatic heterocycles. The highest BCUT2D eigenvalue weighted by Gasteiger charge is 2.31. The summed E-state index contributed by atoms with van der Waals surface area (Å²) in [4.78, 5) is 0. The van der Waals surface area contributed by atoms with Crippen LogP contribution in [0, 0.1) is 11.8 Å². The van der Waals surface area contributed by atoms with Gasteiger partial charge in [0.15, 0.2) is 0 Å². The molecule has 0 aromatic carbocycles. The van der Waals surface area contributed by atoms with E-state index in [0.717, 1.165) is 11.8 Å². The Balaban J connectivity index is 1.48. The predicted octanol–water partition coefficient (Wildman–Crippen LogP) is 5.48. The predicted molar refractivity (Wildman–Crippen MR) is 71.5 cm³/mol. The van der Waals surface area contributed by atoms with Crippen LogP contribution >= 0.6 is 0 Å². The van der Waals surface area contributed by atoms with E-state index in [0.29, 0.717) is 0 Å². The Bertz CT molecular complexity index is 226. The molecule has 0 spiro atoms. The van der Waals surface area contributed by atoms with E-state index in [2.05, 4.69) is 13.0 Å². The highest BCUT2D eigenvalue weighted by Crippen LogP contribution is 2.45. The van der Waals surface area contributed by atoms with Gasteiger partial charge in [-0.2, -0.15) is 0 Å². The third-order valence-corrected chi connectivity index (χ3v) is 4.52. The van der Waals surface area contributed by atoms with Crippen LogP contribution in [0.15, 0.2) is 11.6 Å². The van der Waals surface area contributed by atoms with Crippen molar-refractivity contribution >= 4 is 0 Å². The van der Waals surface area contributed by atoms with Gasteiger partial charge in [-0.3, -0.25) is 0 Å². The van der Waals surface area contributed by atoms with Crippen LogP contribution in [-0.2, 0) is 0 Å². The monoisotopic (exact) mass is 220 g/mol. The van der Waals surface area contributed by atoms with Crippen LogP contribution < -0.4 is 0 Å². The number of fused-ring (bicyclic) bond motifs is 2. The van der Waals surface area contributed by atoms with Gasteiger partial charge < -0.3 is 0 Å². The maximum absolute atomic E-state index is 2.62. The molecule has 2 atom stereocenters. The van der Waals surface area contributed by atoms with Gasteiger partial charge in [0.1, 0.15) is 0 Å². The van der Waals surface area contributed by atoms with Crippen LogP contribution in [0.4, 0.5) is 0 Å². The van der Waals surface area contributed by atoms with Gasteiger partial charge in [0, 0.05) is 0 Å². The summed E-state index contributed by atoms with van der Waals surface area (Å²) in [6.45, 7) is 2.29. The van der Waals surface area contributed by atoms with Crippen molar-refractivity contribution in [2.75, 3.05) is 0 Å². The molecule has 92 valence electrons. The molecule has 2 bridgehead atoms. The van der Waals surface area contributed by atoms with Crippen molar-refractivity contribution < 1.29 is 0 Å². The Labute approximate surface area is 102 Å². The van der Waals surface area contributed by atoms with Crippen LogP contribution in [-0.4, -0.2) is 0 Å². The second-order valence-corrected chi connectivity index (χ2v) is 5.88. The highest BCUT2D eigenvalue weighted by atomic mass is 14.4. The average molecular weight is 220 g/mol. The van der Waals surface area contributed by atoms with Gasteiger partial charge in [0.05, 0.1) is 0 Å².